The molecule has 6 heteroatoms. The van der Waals surface area contributed by atoms with E-state index >= 15 is 0 Å². The Morgan fingerprint density at radius 2 is 2.20 bits per heavy atom. The van der Waals surface area contributed by atoms with E-state index in [0.29, 0.717) is 22.7 Å². The van der Waals surface area contributed by atoms with E-state index < -0.39 is 0 Å². The molecule has 0 aliphatic carbocycles. The van der Waals surface area contributed by atoms with E-state index in [4.69, 9.17) is 11.6 Å². The van der Waals surface area contributed by atoms with Gasteiger partial charge < -0.3 is 10.2 Å². The zero-order valence-corrected chi connectivity index (χ0v) is 15.4. The van der Waals surface area contributed by atoms with Crippen LogP contribution in [0.25, 0.3) is 0 Å². The van der Waals surface area contributed by atoms with Crippen molar-refractivity contribution in [3.05, 3.63) is 46.7 Å². The van der Waals surface area contributed by atoms with Crippen LogP contribution in [0, 0.1) is 6.92 Å². The van der Waals surface area contributed by atoms with E-state index in [2.05, 4.69) is 22.2 Å². The number of likely N-dealkylation sites (tertiary alicyclic amines) is 1. The highest BCUT2D eigenvalue weighted by atomic mass is 35.5. The average molecular weight is 359 g/mol. The van der Waals surface area contributed by atoms with Crippen LogP contribution in [0.5, 0.6) is 0 Å². The van der Waals surface area contributed by atoms with Crippen molar-refractivity contribution in [1.82, 2.24) is 14.9 Å². The summed E-state index contributed by atoms with van der Waals surface area (Å²) in [5, 5.41) is 3.84. The lowest BCUT2D eigenvalue weighted by Gasteiger charge is -2.35. The molecule has 1 atom stereocenters. The van der Waals surface area contributed by atoms with Gasteiger partial charge in [0, 0.05) is 29.5 Å². The number of amides is 1. The summed E-state index contributed by atoms with van der Waals surface area (Å²) in [7, 11) is 0. The van der Waals surface area contributed by atoms with E-state index in [1.54, 1.807) is 12.3 Å². The third-order valence-corrected chi connectivity index (χ3v) is 5.16. The first-order chi connectivity index (χ1) is 12.1. The monoisotopic (exact) mass is 358 g/mol. The number of carbonyl (C=O) groups excluding carboxylic acids is 1. The Hall–Kier alpha value is -2.14. The fourth-order valence-electron chi connectivity index (χ4n) is 3.24. The van der Waals surface area contributed by atoms with Gasteiger partial charge in [-0.3, -0.25) is 4.79 Å². The quantitative estimate of drug-likeness (QED) is 0.868. The minimum Gasteiger partial charge on any atom is -0.334 e. The van der Waals surface area contributed by atoms with Gasteiger partial charge in [0.25, 0.3) is 5.91 Å². The van der Waals surface area contributed by atoms with Crippen LogP contribution in [0.15, 0.2) is 30.5 Å². The summed E-state index contributed by atoms with van der Waals surface area (Å²) >= 11 is 6.15. The molecule has 1 amide bonds. The molecule has 0 spiro atoms. The third kappa shape index (κ3) is 3.93. The summed E-state index contributed by atoms with van der Waals surface area (Å²) < 4.78 is 0. The number of nitrogens with one attached hydrogen (secondary N) is 1. The maximum absolute atomic E-state index is 12.9. The number of hydrogen-bond acceptors (Lipinski definition) is 4. The molecule has 1 aliphatic heterocycles. The molecule has 1 aliphatic rings. The summed E-state index contributed by atoms with van der Waals surface area (Å²) in [6, 6.07) is 7.61. The summed E-state index contributed by atoms with van der Waals surface area (Å²) in [5.41, 5.74) is 2.19. The topological polar surface area (TPSA) is 58.1 Å². The predicted molar refractivity (Wildman–Crippen MR) is 100 cm³/mol. The van der Waals surface area contributed by atoms with E-state index in [0.717, 1.165) is 37.1 Å². The maximum Gasteiger partial charge on any atom is 0.272 e. The fraction of sp³-hybridized carbons (Fsp3) is 0.421. The molecule has 1 N–H and O–H groups in total. The first-order valence-corrected chi connectivity index (χ1v) is 9.14. The number of carbonyl (C=O) groups is 1. The molecule has 0 saturated carbocycles. The van der Waals surface area contributed by atoms with E-state index in [1.807, 2.05) is 30.0 Å². The average Bonchev–Trinajstić information content (AvgIpc) is 2.65. The molecule has 1 aromatic carbocycles. The molecule has 1 unspecified atom stereocenters. The van der Waals surface area contributed by atoms with Crippen LogP contribution in [0.1, 0.15) is 48.7 Å². The summed E-state index contributed by atoms with van der Waals surface area (Å²) in [5.74, 6) is 0.390. The van der Waals surface area contributed by atoms with Crippen LogP contribution in [0.3, 0.4) is 0 Å². The number of rotatable bonds is 4. The minimum absolute atomic E-state index is 0.0141. The SMILES string of the molecule is CCC1CCCCN1C(=O)c1ccnc(Nc2cccc(Cl)c2C)n1. The van der Waals surface area contributed by atoms with Crippen molar-refractivity contribution in [3.63, 3.8) is 0 Å². The molecule has 5 nitrogen and oxygen atoms in total. The molecule has 2 heterocycles. The lowest BCUT2D eigenvalue weighted by molar-refractivity contribution is 0.0602. The van der Waals surface area contributed by atoms with Gasteiger partial charge in [-0.25, -0.2) is 9.97 Å². The molecule has 1 saturated heterocycles. The smallest absolute Gasteiger partial charge is 0.272 e. The van der Waals surface area contributed by atoms with Gasteiger partial charge in [-0.05, 0) is 56.4 Å². The molecular formula is C19H23ClN4O. The zero-order chi connectivity index (χ0) is 17.8. The Balaban J connectivity index is 1.81. The second-order valence-corrected chi connectivity index (χ2v) is 6.77. The Morgan fingerprint density at radius 1 is 1.36 bits per heavy atom. The normalized spacial score (nSPS) is 17.4. The number of hydrogen-bond donors (Lipinski definition) is 1. The molecule has 25 heavy (non-hydrogen) atoms. The van der Waals surface area contributed by atoms with Crippen molar-refractivity contribution < 1.29 is 4.79 Å². The van der Waals surface area contributed by atoms with Crippen LogP contribution < -0.4 is 5.32 Å². The lowest BCUT2D eigenvalue weighted by atomic mass is 9.99. The van der Waals surface area contributed by atoms with E-state index in [-0.39, 0.29) is 5.91 Å². The van der Waals surface area contributed by atoms with Crippen molar-refractivity contribution >= 4 is 29.1 Å². The number of piperidine rings is 1. The number of aromatic nitrogens is 2. The highest BCUT2D eigenvalue weighted by Crippen LogP contribution is 2.25. The van der Waals surface area contributed by atoms with Crippen molar-refractivity contribution in [2.24, 2.45) is 0 Å². The van der Waals surface area contributed by atoms with Gasteiger partial charge in [0.05, 0.1) is 0 Å². The third-order valence-electron chi connectivity index (χ3n) is 4.75. The van der Waals surface area contributed by atoms with Crippen molar-refractivity contribution in [1.29, 1.82) is 0 Å². The van der Waals surface area contributed by atoms with Crippen LogP contribution in [-0.2, 0) is 0 Å². The summed E-state index contributed by atoms with van der Waals surface area (Å²) in [6.45, 7) is 4.86. The van der Waals surface area contributed by atoms with Gasteiger partial charge >= 0.3 is 0 Å². The first-order valence-electron chi connectivity index (χ1n) is 8.76. The fourth-order valence-corrected chi connectivity index (χ4v) is 3.42. The molecule has 0 bridgehead atoms. The van der Waals surface area contributed by atoms with E-state index in [1.165, 1.54) is 6.42 Å². The van der Waals surface area contributed by atoms with Crippen LogP contribution in [0.4, 0.5) is 11.6 Å². The van der Waals surface area contributed by atoms with Gasteiger partial charge in [-0.2, -0.15) is 0 Å². The molecular weight excluding hydrogens is 336 g/mol. The largest absolute Gasteiger partial charge is 0.334 e. The second kappa shape index (κ2) is 7.83. The Kier molecular flexibility index (Phi) is 5.53. The number of benzene rings is 1. The highest BCUT2D eigenvalue weighted by molar-refractivity contribution is 6.31. The number of anilines is 2. The summed E-state index contributed by atoms with van der Waals surface area (Å²) in [6.07, 6.45) is 5.91. The van der Waals surface area contributed by atoms with Gasteiger partial charge in [0.1, 0.15) is 5.69 Å². The second-order valence-electron chi connectivity index (χ2n) is 6.36. The Morgan fingerprint density at radius 3 is 3.00 bits per heavy atom. The van der Waals surface area contributed by atoms with Crippen LogP contribution in [-0.4, -0.2) is 33.4 Å². The van der Waals surface area contributed by atoms with Crippen molar-refractivity contribution in [3.8, 4) is 0 Å². The van der Waals surface area contributed by atoms with Gasteiger partial charge in [-0.1, -0.05) is 24.6 Å². The molecule has 0 radical (unpaired) electrons. The molecule has 1 fully saturated rings. The molecule has 132 valence electrons. The van der Waals surface area contributed by atoms with Crippen molar-refractivity contribution in [2.75, 3.05) is 11.9 Å². The van der Waals surface area contributed by atoms with Crippen molar-refractivity contribution in [2.45, 2.75) is 45.6 Å². The van der Waals surface area contributed by atoms with Crippen LogP contribution in [0.2, 0.25) is 5.02 Å². The molecule has 1 aromatic heterocycles. The number of nitrogens with zero attached hydrogens (tertiary/aromatic N) is 3. The van der Waals surface area contributed by atoms with Gasteiger partial charge in [0.2, 0.25) is 5.95 Å². The van der Waals surface area contributed by atoms with Gasteiger partial charge in [0.15, 0.2) is 0 Å². The van der Waals surface area contributed by atoms with E-state index in [9.17, 15) is 4.79 Å². The Bertz CT molecular complexity index is 765. The maximum atomic E-state index is 12.9. The number of halogens is 1. The standard InChI is InChI=1S/C19H23ClN4O/c1-3-14-7-4-5-12-24(14)18(25)17-10-11-21-19(23-17)22-16-9-6-8-15(20)13(16)2/h6,8-11,14H,3-5,7,12H2,1-2H3,(H,21,22,23). The first kappa shape index (κ1) is 17.7. The lowest BCUT2D eigenvalue weighted by Crippen LogP contribution is -2.43. The highest BCUT2D eigenvalue weighted by Gasteiger charge is 2.27. The molecule has 2 aromatic rings. The predicted octanol–water partition coefficient (Wildman–Crippen LogP) is 4.59. The Labute approximate surface area is 153 Å². The zero-order valence-electron chi connectivity index (χ0n) is 14.6. The minimum atomic E-state index is -0.0141. The molecule has 3 rings (SSSR count). The van der Waals surface area contributed by atoms with Crippen LogP contribution >= 0.6 is 11.6 Å². The summed E-state index contributed by atoms with van der Waals surface area (Å²) in [4.78, 5) is 23.5. The van der Waals surface area contributed by atoms with Gasteiger partial charge in [-0.15, -0.1) is 0 Å².